The minimum absolute atomic E-state index is 0.173. The lowest BCUT2D eigenvalue weighted by Gasteiger charge is -2.17. The monoisotopic (exact) mass is 370 g/mol. The number of rotatable bonds is 6. The van der Waals surface area contributed by atoms with Crippen LogP contribution in [0.1, 0.15) is 31.7 Å². The highest BCUT2D eigenvalue weighted by atomic mass is 79.9. The van der Waals surface area contributed by atoms with Gasteiger partial charge in [-0.3, -0.25) is 4.68 Å². The second-order valence-corrected chi connectivity index (χ2v) is 6.81. The van der Waals surface area contributed by atoms with E-state index >= 15 is 0 Å². The third-order valence-electron chi connectivity index (χ3n) is 3.06. The van der Waals surface area contributed by atoms with Crippen molar-refractivity contribution in [1.29, 1.82) is 0 Å². The Hall–Kier alpha value is -0.980. The van der Waals surface area contributed by atoms with E-state index in [1.807, 2.05) is 42.8 Å². The second kappa shape index (κ2) is 7.33. The van der Waals surface area contributed by atoms with Crippen molar-refractivity contribution in [2.45, 2.75) is 30.9 Å². The maximum Gasteiger partial charge on any atom is 0.162 e. The number of thioether (sulfide) groups is 1. The fraction of sp³-hybridized carbons (Fsp3) is 0.400. The smallest absolute Gasteiger partial charge is 0.162 e. The number of methoxy groups -OCH3 is 1. The maximum absolute atomic E-state index is 10.5. The molecule has 2 rings (SSSR count). The van der Waals surface area contributed by atoms with Gasteiger partial charge in [0.15, 0.2) is 5.75 Å². The van der Waals surface area contributed by atoms with E-state index in [1.165, 1.54) is 0 Å². The van der Waals surface area contributed by atoms with Crippen LogP contribution in [0.25, 0.3) is 0 Å². The van der Waals surface area contributed by atoms with Crippen LogP contribution in [0.3, 0.4) is 0 Å². The van der Waals surface area contributed by atoms with Gasteiger partial charge in [-0.1, -0.05) is 12.1 Å². The van der Waals surface area contributed by atoms with Gasteiger partial charge in [0.2, 0.25) is 0 Å². The number of aliphatic hydroxyl groups is 1. The van der Waals surface area contributed by atoms with Crippen molar-refractivity contribution in [2.24, 2.45) is 0 Å². The Kier molecular flexibility index (Phi) is 5.72. The topological polar surface area (TPSA) is 47.3 Å². The first-order chi connectivity index (χ1) is 10.0. The fourth-order valence-electron chi connectivity index (χ4n) is 2.05. The van der Waals surface area contributed by atoms with Crippen LogP contribution < -0.4 is 4.74 Å². The summed E-state index contributed by atoms with van der Waals surface area (Å²) in [7, 11) is 1.60. The zero-order valence-corrected chi connectivity index (χ0v) is 14.7. The van der Waals surface area contributed by atoms with Crippen LogP contribution in [-0.4, -0.2) is 27.7 Å². The predicted molar refractivity (Wildman–Crippen MR) is 89.0 cm³/mol. The first kappa shape index (κ1) is 16.4. The number of hydrogen-bond acceptors (Lipinski definition) is 4. The molecule has 0 spiro atoms. The van der Waals surface area contributed by atoms with E-state index in [0.29, 0.717) is 11.5 Å². The summed E-state index contributed by atoms with van der Waals surface area (Å²) >= 11 is 5.12. The third-order valence-corrected chi connectivity index (χ3v) is 5.16. The molecule has 1 aromatic carbocycles. The normalized spacial score (nSPS) is 12.7. The van der Waals surface area contributed by atoms with Gasteiger partial charge in [0.25, 0.3) is 0 Å². The van der Waals surface area contributed by atoms with Crippen LogP contribution in [0.15, 0.2) is 39.8 Å². The van der Waals surface area contributed by atoms with Crippen molar-refractivity contribution >= 4 is 27.7 Å². The summed E-state index contributed by atoms with van der Waals surface area (Å²) in [6.45, 7) is 4.06. The van der Waals surface area contributed by atoms with Gasteiger partial charge in [-0.05, 0) is 41.9 Å². The molecule has 0 saturated carbocycles. The lowest BCUT2D eigenvalue weighted by atomic mass is 10.2. The zero-order chi connectivity index (χ0) is 15.4. The van der Waals surface area contributed by atoms with Crippen LogP contribution >= 0.6 is 27.7 Å². The Morgan fingerprint density at radius 2 is 2.10 bits per heavy atom. The average Bonchev–Trinajstić information content (AvgIpc) is 2.90. The van der Waals surface area contributed by atoms with Gasteiger partial charge in [0.1, 0.15) is 11.8 Å². The van der Waals surface area contributed by atoms with Crippen LogP contribution in [0.5, 0.6) is 5.75 Å². The van der Waals surface area contributed by atoms with Crippen LogP contribution in [0.4, 0.5) is 0 Å². The molecule has 0 aliphatic carbocycles. The Balaban J connectivity index is 2.15. The summed E-state index contributed by atoms with van der Waals surface area (Å²) in [5.41, 5.74) is 0.729. The SMILES string of the molecule is COc1cnn(C(C)C)c1C(O)CSc1ccccc1Br. The van der Waals surface area contributed by atoms with Gasteiger partial charge in [-0.2, -0.15) is 5.10 Å². The Morgan fingerprint density at radius 3 is 2.71 bits per heavy atom. The van der Waals surface area contributed by atoms with E-state index in [-0.39, 0.29) is 6.04 Å². The van der Waals surface area contributed by atoms with Gasteiger partial charge in [0, 0.05) is 21.2 Å². The first-order valence-electron chi connectivity index (χ1n) is 6.71. The van der Waals surface area contributed by atoms with E-state index < -0.39 is 6.10 Å². The molecule has 0 bridgehead atoms. The first-order valence-corrected chi connectivity index (χ1v) is 8.49. The molecule has 21 heavy (non-hydrogen) atoms. The highest BCUT2D eigenvalue weighted by molar-refractivity contribution is 9.10. The van der Waals surface area contributed by atoms with Crippen LogP contribution in [-0.2, 0) is 0 Å². The number of aliphatic hydroxyl groups excluding tert-OH is 1. The van der Waals surface area contributed by atoms with E-state index in [2.05, 4.69) is 21.0 Å². The summed E-state index contributed by atoms with van der Waals surface area (Å²) < 4.78 is 8.15. The molecule has 0 aliphatic heterocycles. The Labute approximate surface area is 137 Å². The quantitative estimate of drug-likeness (QED) is 0.778. The molecule has 1 heterocycles. The highest BCUT2D eigenvalue weighted by Crippen LogP contribution is 2.34. The second-order valence-electron chi connectivity index (χ2n) is 4.89. The van der Waals surface area contributed by atoms with Crippen molar-refractivity contribution in [3.05, 3.63) is 40.6 Å². The lowest BCUT2D eigenvalue weighted by Crippen LogP contribution is -2.13. The van der Waals surface area contributed by atoms with Gasteiger partial charge >= 0.3 is 0 Å². The van der Waals surface area contributed by atoms with E-state index in [1.54, 1.807) is 25.1 Å². The van der Waals surface area contributed by atoms with Crippen LogP contribution in [0.2, 0.25) is 0 Å². The number of hydrogen-bond donors (Lipinski definition) is 1. The van der Waals surface area contributed by atoms with Gasteiger partial charge in [-0.25, -0.2) is 0 Å². The molecule has 0 fully saturated rings. The fourth-order valence-corrected chi connectivity index (χ4v) is 3.56. The minimum atomic E-state index is -0.637. The summed E-state index contributed by atoms with van der Waals surface area (Å²) in [5, 5.41) is 14.8. The highest BCUT2D eigenvalue weighted by Gasteiger charge is 2.21. The molecule has 0 saturated heterocycles. The number of halogens is 1. The lowest BCUT2D eigenvalue weighted by molar-refractivity contribution is 0.184. The Bertz CT molecular complexity index is 601. The molecular weight excluding hydrogens is 352 g/mol. The summed E-state index contributed by atoms with van der Waals surface area (Å²) in [4.78, 5) is 1.10. The zero-order valence-electron chi connectivity index (χ0n) is 12.3. The molecule has 1 atom stereocenters. The van der Waals surface area contributed by atoms with Crippen molar-refractivity contribution in [3.63, 3.8) is 0 Å². The standard InChI is InChI=1S/C15H19BrN2O2S/c1-10(2)18-15(13(20-3)8-17-18)12(19)9-21-14-7-5-4-6-11(14)16/h4-8,10,12,19H,9H2,1-3H3. The Morgan fingerprint density at radius 1 is 1.38 bits per heavy atom. The summed E-state index contributed by atoms with van der Waals surface area (Å²) in [6, 6.07) is 8.15. The number of benzene rings is 1. The molecule has 1 N–H and O–H groups in total. The molecule has 4 nitrogen and oxygen atoms in total. The van der Waals surface area contributed by atoms with Crippen molar-refractivity contribution in [3.8, 4) is 5.75 Å². The molecule has 114 valence electrons. The molecule has 0 radical (unpaired) electrons. The van der Waals surface area contributed by atoms with Crippen molar-refractivity contribution in [1.82, 2.24) is 9.78 Å². The average molecular weight is 371 g/mol. The molecular formula is C15H19BrN2O2S. The number of nitrogens with zero attached hydrogens (tertiary/aromatic N) is 2. The predicted octanol–water partition coefficient (Wildman–Crippen LogP) is 4.06. The largest absolute Gasteiger partial charge is 0.493 e. The minimum Gasteiger partial charge on any atom is -0.493 e. The van der Waals surface area contributed by atoms with Crippen molar-refractivity contribution < 1.29 is 9.84 Å². The van der Waals surface area contributed by atoms with Crippen molar-refractivity contribution in [2.75, 3.05) is 12.9 Å². The van der Waals surface area contributed by atoms with E-state index in [0.717, 1.165) is 15.1 Å². The molecule has 0 amide bonds. The summed E-state index contributed by atoms with van der Waals surface area (Å²) in [6.07, 6.45) is 1.02. The van der Waals surface area contributed by atoms with E-state index in [4.69, 9.17) is 4.74 Å². The molecule has 6 heteroatoms. The molecule has 0 aliphatic rings. The van der Waals surface area contributed by atoms with E-state index in [9.17, 15) is 5.11 Å². The van der Waals surface area contributed by atoms with Gasteiger partial charge < -0.3 is 9.84 Å². The molecule has 2 aromatic rings. The number of ether oxygens (including phenoxy) is 1. The van der Waals surface area contributed by atoms with Gasteiger partial charge in [0.05, 0.1) is 13.3 Å². The van der Waals surface area contributed by atoms with Gasteiger partial charge in [-0.15, -0.1) is 11.8 Å². The molecule has 1 unspecified atom stereocenters. The maximum atomic E-state index is 10.5. The summed E-state index contributed by atoms with van der Waals surface area (Å²) in [5.74, 6) is 1.17. The number of aromatic nitrogens is 2. The molecule has 1 aromatic heterocycles. The third kappa shape index (κ3) is 3.81. The van der Waals surface area contributed by atoms with Crippen LogP contribution in [0, 0.1) is 0 Å².